The minimum absolute atomic E-state index is 0.0848. The van der Waals surface area contributed by atoms with Crippen molar-refractivity contribution >= 4 is 56.4 Å². The molecule has 9 heteroatoms. The molecule has 0 radical (unpaired) electrons. The molecule has 220 valence electrons. The van der Waals surface area contributed by atoms with E-state index in [1.165, 1.54) is 24.2 Å². The van der Waals surface area contributed by atoms with Crippen molar-refractivity contribution in [1.29, 1.82) is 0 Å². The van der Waals surface area contributed by atoms with Gasteiger partial charge in [-0.1, -0.05) is 35.9 Å². The van der Waals surface area contributed by atoms with Crippen molar-refractivity contribution in [2.75, 3.05) is 17.3 Å². The summed E-state index contributed by atoms with van der Waals surface area (Å²) in [7, 11) is 1.47. The number of hydrogen-bond acceptors (Lipinski definition) is 7. The molecule has 2 N–H and O–H groups in total. The quantitative estimate of drug-likeness (QED) is 0.195. The highest BCUT2D eigenvalue weighted by Gasteiger charge is 2.57. The fourth-order valence-corrected chi connectivity index (χ4v) is 7.62. The first-order chi connectivity index (χ1) is 21.3. The molecule has 2 amide bonds. The third-order valence-corrected chi connectivity index (χ3v) is 9.66. The lowest BCUT2D eigenvalue weighted by atomic mass is 9.59. The number of phenols is 1. The van der Waals surface area contributed by atoms with Gasteiger partial charge in [-0.05, 0) is 83.2 Å². The number of imide groups is 1. The van der Waals surface area contributed by atoms with Gasteiger partial charge in [-0.25, -0.2) is 0 Å². The number of Topliss-reactive ketones (excluding diaryl/α,β-unsaturated/α-hetero) is 1. The van der Waals surface area contributed by atoms with Crippen molar-refractivity contribution in [2.24, 2.45) is 17.8 Å². The van der Waals surface area contributed by atoms with E-state index in [1.807, 2.05) is 48.5 Å². The zero-order valence-corrected chi connectivity index (χ0v) is 25.2. The maximum absolute atomic E-state index is 14.2. The monoisotopic (exact) mass is 650 g/mol. The van der Waals surface area contributed by atoms with E-state index in [1.54, 1.807) is 24.3 Å². The molecule has 3 aromatic rings. The summed E-state index contributed by atoms with van der Waals surface area (Å²) in [5.41, 5.74) is 3.86. The minimum Gasteiger partial charge on any atom is -0.507 e. The molecule has 0 spiro atoms. The van der Waals surface area contributed by atoms with Gasteiger partial charge in [0.1, 0.15) is 11.5 Å². The van der Waals surface area contributed by atoms with Crippen LogP contribution in [0.25, 0.3) is 0 Å². The van der Waals surface area contributed by atoms with Gasteiger partial charge < -0.3 is 15.2 Å². The maximum Gasteiger partial charge on any atom is 0.238 e. The van der Waals surface area contributed by atoms with E-state index in [-0.39, 0.29) is 51.2 Å². The van der Waals surface area contributed by atoms with Crippen LogP contribution >= 0.6 is 15.9 Å². The molecule has 1 aliphatic heterocycles. The molecule has 0 aromatic heterocycles. The Morgan fingerprint density at radius 2 is 1.61 bits per heavy atom. The average Bonchev–Trinajstić information content (AvgIpc) is 3.29. The van der Waals surface area contributed by atoms with E-state index < -0.39 is 23.7 Å². The van der Waals surface area contributed by atoms with Crippen molar-refractivity contribution in [3.05, 3.63) is 112 Å². The number of aromatic hydroxyl groups is 1. The number of nitrogens with one attached hydrogen (secondary N) is 1. The predicted molar refractivity (Wildman–Crippen MR) is 168 cm³/mol. The number of rotatable bonds is 5. The first kappa shape index (κ1) is 28.0. The lowest BCUT2D eigenvalue weighted by Gasteiger charge is -2.42. The molecule has 1 fully saturated rings. The van der Waals surface area contributed by atoms with Crippen molar-refractivity contribution in [3.8, 4) is 11.5 Å². The molecule has 0 bridgehead atoms. The van der Waals surface area contributed by atoms with Gasteiger partial charge in [0, 0.05) is 40.1 Å². The highest BCUT2D eigenvalue weighted by Crippen LogP contribution is 2.57. The summed E-state index contributed by atoms with van der Waals surface area (Å²) in [6.45, 7) is 0. The van der Waals surface area contributed by atoms with Gasteiger partial charge in [-0.3, -0.25) is 24.1 Å². The number of allylic oxidation sites excluding steroid dienone is 6. The molecular formula is C35H27BrN2O6. The Kier molecular flexibility index (Phi) is 6.85. The van der Waals surface area contributed by atoms with Gasteiger partial charge in [0.2, 0.25) is 11.8 Å². The molecule has 1 saturated heterocycles. The van der Waals surface area contributed by atoms with Gasteiger partial charge in [0.15, 0.2) is 11.6 Å². The summed E-state index contributed by atoms with van der Waals surface area (Å²) < 4.78 is 5.75. The van der Waals surface area contributed by atoms with E-state index in [4.69, 9.17) is 4.74 Å². The third kappa shape index (κ3) is 4.33. The number of nitrogens with zero attached hydrogens (tertiary/aromatic N) is 1. The van der Waals surface area contributed by atoms with Gasteiger partial charge in [-0.2, -0.15) is 0 Å². The summed E-state index contributed by atoms with van der Waals surface area (Å²) in [6, 6.07) is 21.6. The molecule has 3 aliphatic carbocycles. The Labute approximate surface area is 261 Å². The molecule has 44 heavy (non-hydrogen) atoms. The summed E-state index contributed by atoms with van der Waals surface area (Å²) in [5, 5.41) is 14.4. The van der Waals surface area contributed by atoms with E-state index in [2.05, 4.69) is 21.2 Å². The van der Waals surface area contributed by atoms with Crippen molar-refractivity contribution < 1.29 is 29.0 Å². The Hall–Kier alpha value is -4.76. The molecule has 7 rings (SSSR count). The number of carbonyl (C=O) groups is 4. The lowest BCUT2D eigenvalue weighted by molar-refractivity contribution is -0.123. The third-order valence-electron chi connectivity index (χ3n) is 9.07. The number of anilines is 3. The van der Waals surface area contributed by atoms with Crippen LogP contribution in [-0.4, -0.2) is 35.6 Å². The first-order valence-electron chi connectivity index (χ1n) is 14.3. The second kappa shape index (κ2) is 10.7. The zero-order valence-electron chi connectivity index (χ0n) is 23.6. The highest BCUT2D eigenvalue weighted by atomic mass is 79.9. The normalized spacial score (nSPS) is 24.4. The molecule has 3 aromatic carbocycles. The Bertz CT molecular complexity index is 1840. The largest absolute Gasteiger partial charge is 0.507 e. The van der Waals surface area contributed by atoms with Crippen LogP contribution < -0.4 is 15.0 Å². The number of ether oxygens (including phenoxy) is 1. The van der Waals surface area contributed by atoms with Gasteiger partial charge in [-0.15, -0.1) is 0 Å². The average molecular weight is 652 g/mol. The second-order valence-electron chi connectivity index (χ2n) is 11.3. The van der Waals surface area contributed by atoms with Crippen molar-refractivity contribution in [3.63, 3.8) is 0 Å². The summed E-state index contributed by atoms with van der Waals surface area (Å²) in [5.74, 6) is -3.72. The number of para-hydroxylation sites is 1. The molecule has 4 atom stereocenters. The SMILES string of the molecule is COc1cccc(O)c1[C@H]1C2=CC[C@@H]3C(=O)N(c4ccc(Nc5ccccc5)cc4)C(=O)[C@@H]3[C@@H]2CC2=C1C(=O)C=C(Br)C2=O. The number of ketones is 2. The summed E-state index contributed by atoms with van der Waals surface area (Å²) in [6.07, 6.45) is 3.60. The van der Waals surface area contributed by atoms with E-state index in [0.29, 0.717) is 23.4 Å². The van der Waals surface area contributed by atoms with Crippen LogP contribution in [0.3, 0.4) is 0 Å². The molecule has 0 saturated carbocycles. The Morgan fingerprint density at radius 1 is 0.886 bits per heavy atom. The molecule has 8 nitrogen and oxygen atoms in total. The molecule has 1 heterocycles. The minimum atomic E-state index is -0.811. The number of halogens is 1. The lowest BCUT2D eigenvalue weighted by Crippen LogP contribution is -2.39. The van der Waals surface area contributed by atoms with E-state index in [0.717, 1.165) is 16.9 Å². The Balaban J connectivity index is 1.28. The van der Waals surface area contributed by atoms with Gasteiger partial charge in [0.05, 0.1) is 29.1 Å². The van der Waals surface area contributed by atoms with Crippen LogP contribution in [0.1, 0.15) is 24.3 Å². The number of carbonyl (C=O) groups excluding carboxylic acids is 4. The van der Waals surface area contributed by atoms with Crippen LogP contribution in [0.15, 0.2) is 106 Å². The smallest absolute Gasteiger partial charge is 0.238 e. The number of hydrogen-bond donors (Lipinski definition) is 2. The van der Waals surface area contributed by atoms with Crippen LogP contribution in [0.2, 0.25) is 0 Å². The number of methoxy groups -OCH3 is 1. The fourth-order valence-electron chi connectivity index (χ4n) is 7.18. The number of phenolic OH excluding ortho intramolecular Hbond substituents is 1. The van der Waals surface area contributed by atoms with Crippen LogP contribution in [0, 0.1) is 17.8 Å². The molecule has 0 unspecified atom stereocenters. The zero-order chi connectivity index (χ0) is 30.7. The summed E-state index contributed by atoms with van der Waals surface area (Å²) >= 11 is 3.24. The number of benzene rings is 3. The van der Waals surface area contributed by atoms with Crippen LogP contribution in [0.5, 0.6) is 11.5 Å². The maximum atomic E-state index is 14.2. The molecular weight excluding hydrogens is 624 g/mol. The van der Waals surface area contributed by atoms with E-state index in [9.17, 15) is 24.3 Å². The topological polar surface area (TPSA) is 113 Å². The number of amides is 2. The summed E-state index contributed by atoms with van der Waals surface area (Å²) in [4.78, 5) is 56.2. The first-order valence-corrected chi connectivity index (χ1v) is 15.1. The predicted octanol–water partition coefficient (Wildman–Crippen LogP) is 6.11. The van der Waals surface area contributed by atoms with E-state index >= 15 is 0 Å². The van der Waals surface area contributed by atoms with Crippen molar-refractivity contribution in [2.45, 2.75) is 18.8 Å². The standard InChI is InChI=1S/C35H27BrN2O6/c1-44-28-9-5-8-26(39)32(28)31-21-14-15-22-29(23(21)16-24-30(31)27(40)17-25(36)33(24)41)35(43)38(34(22)42)20-12-10-19(11-13-20)37-18-6-3-2-4-7-18/h2-14,17,22-23,29,31,37,39H,15-16H2,1H3/t22-,23+,29-,31-/m0/s1. The van der Waals surface area contributed by atoms with Gasteiger partial charge >= 0.3 is 0 Å². The fraction of sp³-hybridized carbons (Fsp3) is 0.200. The molecule has 4 aliphatic rings. The Morgan fingerprint density at radius 3 is 2.34 bits per heavy atom. The van der Waals surface area contributed by atoms with Crippen LogP contribution in [-0.2, 0) is 19.2 Å². The second-order valence-corrected chi connectivity index (χ2v) is 12.2. The van der Waals surface area contributed by atoms with Crippen molar-refractivity contribution in [1.82, 2.24) is 0 Å². The number of fused-ring (bicyclic) bond motifs is 3. The van der Waals surface area contributed by atoms with Gasteiger partial charge in [0.25, 0.3) is 0 Å². The highest BCUT2D eigenvalue weighted by molar-refractivity contribution is 9.12. The van der Waals surface area contributed by atoms with Crippen LogP contribution in [0.4, 0.5) is 17.1 Å².